The Hall–Kier alpha value is -0.690. The van der Waals surface area contributed by atoms with Crippen LogP contribution in [0.3, 0.4) is 0 Å². The van der Waals surface area contributed by atoms with E-state index in [0.717, 1.165) is 13.0 Å². The van der Waals surface area contributed by atoms with Crippen molar-refractivity contribution in [3.05, 3.63) is 0 Å². The van der Waals surface area contributed by atoms with Crippen LogP contribution in [-0.2, 0) is 47.4 Å². The second kappa shape index (κ2) is 29.3. The summed E-state index contributed by atoms with van der Waals surface area (Å²) in [6.07, 6.45) is 1.48. The molecule has 0 unspecified atom stereocenters. The van der Waals surface area contributed by atoms with Crippen molar-refractivity contribution in [2.24, 2.45) is 0 Å². The van der Waals surface area contributed by atoms with E-state index in [1.165, 1.54) is 0 Å². The Kier molecular flexibility index (Phi) is 28.7. The fourth-order valence-electron chi connectivity index (χ4n) is 2.22. The summed E-state index contributed by atoms with van der Waals surface area (Å²) in [5, 5.41) is 0. The molecule has 0 atom stereocenters. The summed E-state index contributed by atoms with van der Waals surface area (Å²) in [6, 6.07) is 0. The van der Waals surface area contributed by atoms with Crippen molar-refractivity contribution in [1.29, 1.82) is 0 Å². The number of ether oxygens (including phenoxy) is 9. The highest BCUT2D eigenvalue weighted by Gasteiger charge is 1.96. The zero-order valence-electron chi connectivity index (χ0n) is 20.7. The van der Waals surface area contributed by atoms with Crippen LogP contribution < -0.4 is 0 Å². The number of Topliss-reactive ketones (excluding diaryl/α,β-unsaturated/α-hetero) is 1. The predicted molar refractivity (Wildman–Crippen MR) is 123 cm³/mol. The second-order valence-electron chi connectivity index (χ2n) is 6.96. The zero-order chi connectivity index (χ0) is 24.1. The van der Waals surface area contributed by atoms with Gasteiger partial charge in [0.25, 0.3) is 0 Å². The molecule has 0 aromatic carbocycles. The second-order valence-corrected chi connectivity index (χ2v) is 6.96. The molecule has 0 aromatic rings. The SMILES string of the molecule is CCCOCCOCCOCCOCCOCCOCCOCCOCCOCCC(C)=O. The lowest BCUT2D eigenvalue weighted by Crippen LogP contribution is -2.15. The molecule has 0 aliphatic carbocycles. The molecule has 0 aromatic heterocycles. The highest BCUT2D eigenvalue weighted by molar-refractivity contribution is 5.75. The van der Waals surface area contributed by atoms with Crippen LogP contribution in [0.25, 0.3) is 0 Å². The monoisotopic (exact) mass is 482 g/mol. The highest BCUT2D eigenvalue weighted by atomic mass is 16.6. The van der Waals surface area contributed by atoms with E-state index in [0.29, 0.717) is 119 Å². The lowest BCUT2D eigenvalue weighted by molar-refractivity contribution is -0.118. The van der Waals surface area contributed by atoms with E-state index in [9.17, 15) is 4.79 Å². The molecule has 0 amide bonds. The van der Waals surface area contributed by atoms with Gasteiger partial charge in [0.2, 0.25) is 0 Å². The van der Waals surface area contributed by atoms with Crippen LogP contribution in [0.2, 0.25) is 0 Å². The minimum absolute atomic E-state index is 0.131. The number of ketones is 1. The maximum absolute atomic E-state index is 10.7. The molecule has 0 radical (unpaired) electrons. The Labute approximate surface area is 199 Å². The number of rotatable bonds is 29. The van der Waals surface area contributed by atoms with Crippen LogP contribution in [-0.4, -0.2) is 125 Å². The smallest absolute Gasteiger partial charge is 0.132 e. The lowest BCUT2D eigenvalue weighted by Gasteiger charge is -2.08. The minimum Gasteiger partial charge on any atom is -0.379 e. The van der Waals surface area contributed by atoms with Crippen molar-refractivity contribution in [3.63, 3.8) is 0 Å². The van der Waals surface area contributed by atoms with Crippen LogP contribution in [0, 0.1) is 0 Å². The summed E-state index contributed by atoms with van der Waals surface area (Å²) in [6.45, 7) is 13.4. The fraction of sp³-hybridized carbons (Fsp3) is 0.957. The van der Waals surface area contributed by atoms with E-state index in [4.69, 9.17) is 42.6 Å². The van der Waals surface area contributed by atoms with Crippen LogP contribution in [0.4, 0.5) is 0 Å². The average molecular weight is 483 g/mol. The van der Waals surface area contributed by atoms with E-state index in [1.54, 1.807) is 6.92 Å². The normalized spacial score (nSPS) is 11.3. The summed E-state index contributed by atoms with van der Waals surface area (Å²) in [5.74, 6) is 0.131. The largest absolute Gasteiger partial charge is 0.379 e. The Bertz CT molecular complexity index is 384. The van der Waals surface area contributed by atoms with E-state index < -0.39 is 0 Å². The number of hydrogen-bond donors (Lipinski definition) is 0. The first-order valence-electron chi connectivity index (χ1n) is 12.0. The van der Waals surface area contributed by atoms with Crippen molar-refractivity contribution < 1.29 is 47.4 Å². The first-order valence-corrected chi connectivity index (χ1v) is 12.0. The first kappa shape index (κ1) is 32.3. The van der Waals surface area contributed by atoms with Gasteiger partial charge in [-0.2, -0.15) is 0 Å². The van der Waals surface area contributed by atoms with Gasteiger partial charge in [0.1, 0.15) is 5.78 Å². The Morgan fingerprint density at radius 2 is 0.606 bits per heavy atom. The maximum Gasteiger partial charge on any atom is 0.132 e. The average Bonchev–Trinajstić information content (AvgIpc) is 2.80. The Balaban J connectivity index is 3.01. The van der Waals surface area contributed by atoms with Gasteiger partial charge in [0.15, 0.2) is 0 Å². The maximum atomic E-state index is 10.7. The number of carbonyl (C=O) groups is 1. The molecule has 0 spiro atoms. The van der Waals surface area contributed by atoms with Crippen LogP contribution in [0.1, 0.15) is 26.7 Å². The molecule has 0 N–H and O–H groups in total. The molecule has 0 aliphatic heterocycles. The van der Waals surface area contributed by atoms with Gasteiger partial charge >= 0.3 is 0 Å². The molecular formula is C23H46O10. The molecule has 0 heterocycles. The molecular weight excluding hydrogens is 436 g/mol. The third-order valence-corrected chi connectivity index (χ3v) is 3.92. The molecule has 10 heteroatoms. The van der Waals surface area contributed by atoms with Crippen molar-refractivity contribution in [2.45, 2.75) is 26.7 Å². The van der Waals surface area contributed by atoms with Gasteiger partial charge in [-0.1, -0.05) is 6.92 Å². The molecule has 0 saturated heterocycles. The molecule has 0 fully saturated rings. The quantitative estimate of drug-likeness (QED) is 0.146. The van der Waals surface area contributed by atoms with Gasteiger partial charge in [-0.15, -0.1) is 0 Å². The molecule has 33 heavy (non-hydrogen) atoms. The van der Waals surface area contributed by atoms with Gasteiger partial charge in [0, 0.05) is 13.0 Å². The fourth-order valence-corrected chi connectivity index (χ4v) is 2.22. The van der Waals surface area contributed by atoms with Gasteiger partial charge in [0.05, 0.1) is 112 Å². The molecule has 0 bridgehead atoms. The number of carbonyl (C=O) groups excluding carboxylic acids is 1. The molecule has 0 aliphatic rings. The van der Waals surface area contributed by atoms with Gasteiger partial charge in [-0.3, -0.25) is 4.79 Å². The zero-order valence-corrected chi connectivity index (χ0v) is 20.7. The molecule has 10 nitrogen and oxygen atoms in total. The van der Waals surface area contributed by atoms with E-state index in [1.807, 2.05) is 0 Å². The summed E-state index contributed by atoms with van der Waals surface area (Å²) >= 11 is 0. The van der Waals surface area contributed by atoms with Crippen LogP contribution in [0.15, 0.2) is 0 Å². The molecule has 0 rings (SSSR count). The van der Waals surface area contributed by atoms with Crippen molar-refractivity contribution in [2.75, 3.05) is 119 Å². The minimum atomic E-state index is 0.131. The summed E-state index contributed by atoms with van der Waals surface area (Å²) in [7, 11) is 0. The van der Waals surface area contributed by atoms with Crippen LogP contribution >= 0.6 is 0 Å². The van der Waals surface area contributed by atoms with Gasteiger partial charge < -0.3 is 42.6 Å². The predicted octanol–water partition coefficient (Wildman–Crippen LogP) is 1.52. The van der Waals surface area contributed by atoms with Crippen molar-refractivity contribution in [1.82, 2.24) is 0 Å². The Morgan fingerprint density at radius 1 is 0.394 bits per heavy atom. The Morgan fingerprint density at radius 3 is 0.818 bits per heavy atom. The molecule has 0 saturated carbocycles. The van der Waals surface area contributed by atoms with E-state index in [-0.39, 0.29) is 5.78 Å². The number of hydrogen-bond acceptors (Lipinski definition) is 10. The first-order chi connectivity index (χ1) is 16.3. The standard InChI is InChI=1S/C23H46O10/c1-3-5-25-7-9-27-11-13-29-15-17-31-19-21-33-22-20-32-18-16-30-14-12-28-10-8-26-6-4-23(2)24/h3-22H2,1-2H3. The summed E-state index contributed by atoms with van der Waals surface area (Å²) < 4.78 is 48.4. The van der Waals surface area contributed by atoms with Gasteiger partial charge in [-0.05, 0) is 13.3 Å². The molecule has 198 valence electrons. The third-order valence-electron chi connectivity index (χ3n) is 3.92. The summed E-state index contributed by atoms with van der Waals surface area (Å²) in [4.78, 5) is 10.7. The topological polar surface area (TPSA) is 100 Å². The third kappa shape index (κ3) is 31.3. The van der Waals surface area contributed by atoms with Gasteiger partial charge in [-0.25, -0.2) is 0 Å². The lowest BCUT2D eigenvalue weighted by atomic mass is 10.3. The van der Waals surface area contributed by atoms with E-state index >= 15 is 0 Å². The van der Waals surface area contributed by atoms with Crippen molar-refractivity contribution >= 4 is 5.78 Å². The highest BCUT2D eigenvalue weighted by Crippen LogP contribution is 1.87. The van der Waals surface area contributed by atoms with Crippen molar-refractivity contribution in [3.8, 4) is 0 Å². The van der Waals surface area contributed by atoms with Crippen LogP contribution in [0.5, 0.6) is 0 Å². The van der Waals surface area contributed by atoms with E-state index in [2.05, 4.69) is 6.92 Å². The summed E-state index contributed by atoms with van der Waals surface area (Å²) in [5.41, 5.74) is 0.